The molecule has 0 radical (unpaired) electrons. The van der Waals surface area contributed by atoms with Gasteiger partial charge in [0.05, 0.1) is 16.2 Å². The molecule has 0 atom stereocenters. The lowest BCUT2D eigenvalue weighted by Crippen LogP contribution is -2.21. The van der Waals surface area contributed by atoms with Crippen LogP contribution in [-0.2, 0) is 17.6 Å². The number of nitro benzene ring substituents is 1. The molecular weight excluding hydrogens is 320 g/mol. The molecule has 1 N–H and O–H groups in total. The van der Waals surface area contributed by atoms with Gasteiger partial charge in [-0.2, -0.15) is 0 Å². The summed E-state index contributed by atoms with van der Waals surface area (Å²) in [6, 6.07) is 10.5. The van der Waals surface area contributed by atoms with Crippen LogP contribution in [0, 0.1) is 17.0 Å². The second-order valence-corrected chi connectivity index (χ2v) is 6.14. The molecule has 0 aliphatic heterocycles. The summed E-state index contributed by atoms with van der Waals surface area (Å²) in [5.41, 5.74) is 3.32. The van der Waals surface area contributed by atoms with Crippen LogP contribution >= 0.6 is 0 Å². The van der Waals surface area contributed by atoms with Crippen LogP contribution < -0.4 is 10.1 Å². The van der Waals surface area contributed by atoms with Gasteiger partial charge in [-0.1, -0.05) is 18.2 Å². The number of rotatable bonds is 5. The van der Waals surface area contributed by atoms with Gasteiger partial charge in [-0.3, -0.25) is 14.9 Å². The number of aryl methyl sites for hydroxylation is 1. The van der Waals surface area contributed by atoms with Gasteiger partial charge in [-0.15, -0.1) is 0 Å². The maximum Gasteiger partial charge on any atom is 0.274 e. The average Bonchev–Trinajstić information content (AvgIpc) is 2.61. The normalized spacial score (nSPS) is 13.0. The standard InChI is InChI=1S/C19H20N2O4/c1-13-16(9-5-10-17(13)21(23)24)20-19(22)12-25-18-11-4-7-14-6-2-3-8-15(14)18/h4-5,7,9-11H,2-3,6,8,12H2,1H3,(H,20,22). The highest BCUT2D eigenvalue weighted by Gasteiger charge is 2.17. The molecule has 0 bridgehead atoms. The minimum Gasteiger partial charge on any atom is -0.483 e. The number of nitrogens with one attached hydrogen (secondary N) is 1. The highest BCUT2D eigenvalue weighted by atomic mass is 16.6. The maximum absolute atomic E-state index is 12.2. The number of nitrogens with zero attached hydrogens (tertiary/aromatic N) is 1. The Labute approximate surface area is 146 Å². The maximum atomic E-state index is 12.2. The first-order valence-electron chi connectivity index (χ1n) is 8.33. The van der Waals surface area contributed by atoms with Gasteiger partial charge in [0.15, 0.2) is 6.61 Å². The lowest BCUT2D eigenvalue weighted by molar-refractivity contribution is -0.385. The van der Waals surface area contributed by atoms with Gasteiger partial charge < -0.3 is 10.1 Å². The summed E-state index contributed by atoms with van der Waals surface area (Å²) in [6.07, 6.45) is 4.33. The number of ether oxygens (including phenoxy) is 1. The van der Waals surface area contributed by atoms with Crippen molar-refractivity contribution in [2.75, 3.05) is 11.9 Å². The molecule has 130 valence electrons. The number of benzene rings is 2. The lowest BCUT2D eigenvalue weighted by atomic mass is 9.91. The molecule has 1 amide bonds. The summed E-state index contributed by atoms with van der Waals surface area (Å²) in [7, 11) is 0. The molecule has 2 aromatic carbocycles. The van der Waals surface area contributed by atoms with Crippen LogP contribution in [0.2, 0.25) is 0 Å². The zero-order valence-electron chi connectivity index (χ0n) is 14.1. The van der Waals surface area contributed by atoms with E-state index in [0.29, 0.717) is 11.3 Å². The third-order valence-electron chi connectivity index (χ3n) is 4.49. The number of amides is 1. The fraction of sp³-hybridized carbons (Fsp3) is 0.316. The number of hydrogen-bond donors (Lipinski definition) is 1. The Morgan fingerprint density at radius 1 is 1.20 bits per heavy atom. The van der Waals surface area contributed by atoms with E-state index in [0.717, 1.165) is 25.0 Å². The molecule has 0 aromatic heterocycles. The smallest absolute Gasteiger partial charge is 0.274 e. The van der Waals surface area contributed by atoms with Crippen molar-refractivity contribution in [1.82, 2.24) is 0 Å². The van der Waals surface area contributed by atoms with Crippen LogP contribution in [0.25, 0.3) is 0 Å². The highest BCUT2D eigenvalue weighted by molar-refractivity contribution is 5.93. The fourth-order valence-corrected chi connectivity index (χ4v) is 3.17. The van der Waals surface area contributed by atoms with Crippen LogP contribution in [0.4, 0.5) is 11.4 Å². The molecule has 0 saturated carbocycles. The molecule has 0 spiro atoms. The third-order valence-corrected chi connectivity index (χ3v) is 4.49. The lowest BCUT2D eigenvalue weighted by Gasteiger charge is -2.19. The quantitative estimate of drug-likeness (QED) is 0.663. The molecule has 3 rings (SSSR count). The van der Waals surface area contributed by atoms with E-state index in [1.54, 1.807) is 19.1 Å². The van der Waals surface area contributed by atoms with Crippen LogP contribution in [0.3, 0.4) is 0 Å². The van der Waals surface area contributed by atoms with E-state index in [4.69, 9.17) is 4.74 Å². The van der Waals surface area contributed by atoms with E-state index < -0.39 is 4.92 Å². The first-order valence-corrected chi connectivity index (χ1v) is 8.33. The largest absolute Gasteiger partial charge is 0.483 e. The van der Waals surface area contributed by atoms with Crippen molar-refractivity contribution in [3.63, 3.8) is 0 Å². The summed E-state index contributed by atoms with van der Waals surface area (Å²) in [5.74, 6) is 0.417. The van der Waals surface area contributed by atoms with Gasteiger partial charge in [0, 0.05) is 6.07 Å². The Bertz CT molecular complexity index is 817. The second kappa shape index (κ2) is 7.34. The Hall–Kier alpha value is -2.89. The predicted octanol–water partition coefficient (Wildman–Crippen LogP) is 3.80. The summed E-state index contributed by atoms with van der Waals surface area (Å²) < 4.78 is 5.71. The van der Waals surface area contributed by atoms with E-state index in [1.165, 1.54) is 23.6 Å². The van der Waals surface area contributed by atoms with Crippen molar-refractivity contribution < 1.29 is 14.5 Å². The average molecular weight is 340 g/mol. The molecule has 0 unspecified atom stereocenters. The number of fused-ring (bicyclic) bond motifs is 1. The number of anilines is 1. The molecule has 2 aromatic rings. The SMILES string of the molecule is Cc1c(NC(=O)COc2cccc3c2CCCC3)cccc1[N+](=O)[O-]. The van der Waals surface area contributed by atoms with Crippen molar-refractivity contribution in [3.8, 4) is 5.75 Å². The van der Waals surface area contributed by atoms with E-state index in [1.807, 2.05) is 12.1 Å². The van der Waals surface area contributed by atoms with Gasteiger partial charge in [0.2, 0.25) is 0 Å². The number of nitro groups is 1. The van der Waals surface area contributed by atoms with Crippen LogP contribution in [0.1, 0.15) is 29.5 Å². The fourth-order valence-electron chi connectivity index (χ4n) is 3.17. The first-order chi connectivity index (χ1) is 12.1. The van der Waals surface area contributed by atoms with Gasteiger partial charge >= 0.3 is 0 Å². The Morgan fingerprint density at radius 3 is 2.76 bits per heavy atom. The summed E-state index contributed by atoms with van der Waals surface area (Å²) in [5, 5.41) is 13.7. The van der Waals surface area contributed by atoms with Crippen LogP contribution in [0.15, 0.2) is 36.4 Å². The second-order valence-electron chi connectivity index (χ2n) is 6.14. The molecule has 1 aliphatic carbocycles. The van der Waals surface area contributed by atoms with Crippen molar-refractivity contribution in [2.24, 2.45) is 0 Å². The predicted molar refractivity (Wildman–Crippen MR) is 95.0 cm³/mol. The van der Waals surface area contributed by atoms with Crippen molar-refractivity contribution in [1.29, 1.82) is 0 Å². The number of carbonyl (C=O) groups is 1. The van der Waals surface area contributed by atoms with Gasteiger partial charge in [0.25, 0.3) is 11.6 Å². The summed E-state index contributed by atoms with van der Waals surface area (Å²) in [4.78, 5) is 22.7. The zero-order chi connectivity index (χ0) is 17.8. The van der Waals surface area contributed by atoms with Crippen molar-refractivity contribution >= 4 is 17.3 Å². The van der Waals surface area contributed by atoms with Gasteiger partial charge in [-0.05, 0) is 55.9 Å². The molecule has 25 heavy (non-hydrogen) atoms. The molecular formula is C19H20N2O4. The number of carbonyl (C=O) groups excluding carboxylic acids is 1. The Kier molecular flexibility index (Phi) is 4.97. The third kappa shape index (κ3) is 3.79. The van der Waals surface area contributed by atoms with Gasteiger partial charge in [0.1, 0.15) is 5.75 Å². The van der Waals surface area contributed by atoms with E-state index >= 15 is 0 Å². The monoisotopic (exact) mass is 340 g/mol. The van der Waals surface area contributed by atoms with E-state index in [-0.39, 0.29) is 18.2 Å². The van der Waals surface area contributed by atoms with Gasteiger partial charge in [-0.25, -0.2) is 0 Å². The van der Waals surface area contributed by atoms with E-state index in [2.05, 4.69) is 11.4 Å². The topological polar surface area (TPSA) is 81.5 Å². The molecule has 6 heteroatoms. The minimum atomic E-state index is -0.461. The van der Waals surface area contributed by atoms with Crippen molar-refractivity contribution in [2.45, 2.75) is 32.6 Å². The Balaban J connectivity index is 1.67. The van der Waals surface area contributed by atoms with E-state index in [9.17, 15) is 14.9 Å². The zero-order valence-corrected chi connectivity index (χ0v) is 14.1. The van der Waals surface area contributed by atoms with Crippen LogP contribution in [0.5, 0.6) is 5.75 Å². The highest BCUT2D eigenvalue weighted by Crippen LogP contribution is 2.29. The molecule has 0 fully saturated rings. The number of hydrogen-bond acceptors (Lipinski definition) is 4. The van der Waals surface area contributed by atoms with Crippen LogP contribution in [-0.4, -0.2) is 17.4 Å². The minimum absolute atomic E-state index is 0.0177. The molecule has 1 aliphatic rings. The molecule has 0 saturated heterocycles. The molecule has 6 nitrogen and oxygen atoms in total. The Morgan fingerprint density at radius 2 is 1.96 bits per heavy atom. The summed E-state index contributed by atoms with van der Waals surface area (Å²) in [6.45, 7) is 1.49. The van der Waals surface area contributed by atoms with Crippen molar-refractivity contribution in [3.05, 3.63) is 63.2 Å². The molecule has 0 heterocycles. The summed E-state index contributed by atoms with van der Waals surface area (Å²) >= 11 is 0. The first kappa shape index (κ1) is 17.0.